The van der Waals surface area contributed by atoms with Crippen molar-refractivity contribution in [1.82, 2.24) is 14.8 Å². The van der Waals surface area contributed by atoms with E-state index in [1.807, 2.05) is 65.2 Å². The predicted octanol–water partition coefficient (Wildman–Crippen LogP) is 4.58. The Bertz CT molecular complexity index is 1060. The molecule has 1 aliphatic rings. The van der Waals surface area contributed by atoms with Crippen LogP contribution in [-0.2, 0) is 16.4 Å². The van der Waals surface area contributed by atoms with Crippen LogP contribution >= 0.6 is 0 Å². The van der Waals surface area contributed by atoms with E-state index < -0.39 is 24.0 Å². The third-order valence-electron chi connectivity index (χ3n) is 5.66. The number of aryl methyl sites for hydroxylation is 1. The second-order valence-electron chi connectivity index (χ2n) is 8.13. The number of rotatable bonds is 3. The summed E-state index contributed by atoms with van der Waals surface area (Å²) in [6.45, 7) is 7.62. The number of halogens is 1. The fourth-order valence-corrected chi connectivity index (χ4v) is 3.27. The molecular weight excluding hydrogens is 356 g/mol. The van der Waals surface area contributed by atoms with Crippen LogP contribution in [0, 0.1) is 0 Å². The fraction of sp³-hybridized carbons (Fsp3) is 0.333. The molecule has 2 aromatic heterocycles. The molecule has 0 spiro atoms. The van der Waals surface area contributed by atoms with Crippen LogP contribution in [0.1, 0.15) is 33.3 Å². The van der Waals surface area contributed by atoms with Gasteiger partial charge in [-0.15, -0.1) is 0 Å². The Morgan fingerprint density at radius 2 is 1.82 bits per heavy atom. The van der Waals surface area contributed by atoms with E-state index in [2.05, 4.69) is 10.1 Å². The molecule has 3 heterocycles. The molecule has 0 bridgehead atoms. The lowest BCUT2D eigenvalue weighted by Gasteiger charge is -2.32. The topological polar surface area (TPSA) is 49.2 Å². The number of hydrogen-bond donors (Lipinski definition) is 0. The van der Waals surface area contributed by atoms with Gasteiger partial charge in [0.2, 0.25) is 0 Å². The van der Waals surface area contributed by atoms with Gasteiger partial charge in [-0.1, -0.05) is 18.2 Å². The maximum Gasteiger partial charge on any atom is 0.525 e. The summed E-state index contributed by atoms with van der Waals surface area (Å²) in [5.41, 5.74) is 1.97. The molecule has 1 saturated heterocycles. The Hall–Kier alpha value is -2.51. The van der Waals surface area contributed by atoms with E-state index >= 15 is 0 Å². The van der Waals surface area contributed by atoms with Gasteiger partial charge in [0.15, 0.2) is 0 Å². The number of nitrogens with zero attached hydrogens (tertiary/aromatic N) is 3. The first-order chi connectivity index (χ1) is 13.2. The molecule has 28 heavy (non-hydrogen) atoms. The first-order valence-electron chi connectivity index (χ1n) is 9.27. The number of hydrogen-bond acceptors (Lipinski definition) is 4. The van der Waals surface area contributed by atoms with E-state index in [9.17, 15) is 4.39 Å². The minimum atomic E-state index is -1.00. The zero-order chi connectivity index (χ0) is 20.1. The van der Waals surface area contributed by atoms with Gasteiger partial charge in [-0.3, -0.25) is 9.67 Å². The molecule has 0 atom stereocenters. The maximum absolute atomic E-state index is 14.9. The van der Waals surface area contributed by atoms with E-state index in [0.29, 0.717) is 0 Å². The molecule has 144 valence electrons. The van der Waals surface area contributed by atoms with E-state index in [0.717, 1.165) is 27.6 Å². The first-order valence-corrected chi connectivity index (χ1v) is 9.27. The Morgan fingerprint density at radius 1 is 1.11 bits per heavy atom. The van der Waals surface area contributed by atoms with E-state index in [-0.39, 0.29) is 0 Å². The van der Waals surface area contributed by atoms with Gasteiger partial charge in [0.05, 0.1) is 29.1 Å². The van der Waals surface area contributed by atoms with Gasteiger partial charge in [0.1, 0.15) is 5.73 Å². The molecule has 0 amide bonds. The van der Waals surface area contributed by atoms with Crippen molar-refractivity contribution in [3.8, 4) is 11.1 Å². The molecule has 7 heteroatoms. The van der Waals surface area contributed by atoms with Crippen molar-refractivity contribution < 1.29 is 13.7 Å². The monoisotopic (exact) mass is 379 g/mol. The fourth-order valence-electron chi connectivity index (χ4n) is 3.27. The van der Waals surface area contributed by atoms with Gasteiger partial charge in [0, 0.05) is 24.2 Å². The van der Waals surface area contributed by atoms with Crippen LogP contribution in [0.3, 0.4) is 0 Å². The van der Waals surface area contributed by atoms with Crippen LogP contribution in [-0.4, -0.2) is 33.1 Å². The molecule has 0 unspecified atom stereocenters. The average Bonchev–Trinajstić information content (AvgIpc) is 3.12. The first kappa shape index (κ1) is 18.8. The maximum atomic E-state index is 14.9. The SMILES string of the molecule is Cn1ncc2c(-c3cccc(C=C(F)B4OC(C)(C)C(C)(C)O4)c3)cncc21. The lowest BCUT2D eigenvalue weighted by Crippen LogP contribution is -2.41. The molecule has 1 aromatic carbocycles. The van der Waals surface area contributed by atoms with E-state index in [1.54, 1.807) is 17.1 Å². The molecule has 1 aliphatic heterocycles. The van der Waals surface area contributed by atoms with Crippen LogP contribution in [0.15, 0.2) is 48.6 Å². The summed E-state index contributed by atoms with van der Waals surface area (Å²) in [6.07, 6.45) is 6.87. The summed E-state index contributed by atoms with van der Waals surface area (Å²) >= 11 is 0. The van der Waals surface area contributed by atoms with Gasteiger partial charge in [0.25, 0.3) is 0 Å². The summed E-state index contributed by atoms with van der Waals surface area (Å²) in [4.78, 5) is 4.32. The van der Waals surface area contributed by atoms with Crippen molar-refractivity contribution in [3.63, 3.8) is 0 Å². The highest BCUT2D eigenvalue weighted by molar-refractivity contribution is 6.54. The summed E-state index contributed by atoms with van der Waals surface area (Å²) in [5, 5.41) is 5.31. The lowest BCUT2D eigenvalue weighted by molar-refractivity contribution is 0.00578. The normalized spacial score (nSPS) is 18.8. The second kappa shape index (κ2) is 6.53. The molecule has 3 aromatic rings. The van der Waals surface area contributed by atoms with Gasteiger partial charge >= 0.3 is 7.12 Å². The van der Waals surface area contributed by atoms with Crippen LogP contribution in [0.4, 0.5) is 4.39 Å². The smallest absolute Gasteiger partial charge is 0.398 e. The summed E-state index contributed by atoms with van der Waals surface area (Å²) < 4.78 is 28.2. The van der Waals surface area contributed by atoms with Gasteiger partial charge in [-0.25, -0.2) is 4.39 Å². The summed E-state index contributed by atoms with van der Waals surface area (Å²) in [6, 6.07) is 7.65. The second-order valence-corrected chi connectivity index (χ2v) is 8.13. The Balaban J connectivity index is 1.67. The van der Waals surface area contributed by atoms with Crippen molar-refractivity contribution in [3.05, 3.63) is 54.1 Å². The minimum absolute atomic E-state index is 0.450. The Labute approximate surface area is 164 Å². The number of aromatic nitrogens is 3. The standard InChI is InChI=1S/C21H23BFN3O2/c1-20(2)21(3,4)28-22(27-20)19(23)10-14-7-6-8-15(9-14)16-11-24-13-18-17(16)12-25-26(18)5/h6-13H,1-5H3. The molecule has 5 nitrogen and oxygen atoms in total. The van der Waals surface area contributed by atoms with Crippen molar-refractivity contribution in [1.29, 1.82) is 0 Å². The third kappa shape index (κ3) is 3.14. The highest BCUT2D eigenvalue weighted by Crippen LogP contribution is 2.39. The molecule has 0 saturated carbocycles. The quantitative estimate of drug-likeness (QED) is 0.626. The van der Waals surface area contributed by atoms with Crippen molar-refractivity contribution in [2.75, 3.05) is 0 Å². The van der Waals surface area contributed by atoms with Gasteiger partial charge < -0.3 is 9.31 Å². The van der Waals surface area contributed by atoms with Crippen LogP contribution in [0.2, 0.25) is 0 Å². The largest absolute Gasteiger partial charge is 0.525 e. The third-order valence-corrected chi connectivity index (χ3v) is 5.66. The number of fused-ring (bicyclic) bond motifs is 1. The molecule has 4 rings (SSSR count). The Kier molecular flexibility index (Phi) is 4.40. The van der Waals surface area contributed by atoms with Crippen molar-refractivity contribution >= 4 is 24.1 Å². The lowest BCUT2D eigenvalue weighted by atomic mass is 9.86. The van der Waals surface area contributed by atoms with Crippen molar-refractivity contribution in [2.24, 2.45) is 7.05 Å². The van der Waals surface area contributed by atoms with Crippen LogP contribution in [0.5, 0.6) is 0 Å². The molecule has 0 aliphatic carbocycles. The van der Waals surface area contributed by atoms with Crippen LogP contribution < -0.4 is 0 Å². The molecule has 0 radical (unpaired) electrons. The average molecular weight is 379 g/mol. The molecule has 1 fully saturated rings. The highest BCUT2D eigenvalue weighted by Gasteiger charge is 2.53. The van der Waals surface area contributed by atoms with Gasteiger partial charge in [-0.05, 0) is 51.0 Å². The zero-order valence-corrected chi connectivity index (χ0v) is 16.7. The zero-order valence-electron chi connectivity index (χ0n) is 16.7. The molecular formula is C21H23BFN3O2. The van der Waals surface area contributed by atoms with E-state index in [4.69, 9.17) is 9.31 Å². The summed E-state index contributed by atoms with van der Waals surface area (Å²) in [7, 11) is 0.879. The summed E-state index contributed by atoms with van der Waals surface area (Å²) in [5.74, 6) is 0. The number of pyridine rings is 1. The Morgan fingerprint density at radius 3 is 2.54 bits per heavy atom. The molecule has 0 N–H and O–H groups in total. The van der Waals surface area contributed by atoms with Gasteiger partial charge in [-0.2, -0.15) is 5.10 Å². The highest BCUT2D eigenvalue weighted by atomic mass is 19.1. The predicted molar refractivity (Wildman–Crippen MR) is 109 cm³/mol. The number of benzene rings is 1. The van der Waals surface area contributed by atoms with Crippen LogP contribution in [0.25, 0.3) is 28.1 Å². The minimum Gasteiger partial charge on any atom is -0.398 e. The van der Waals surface area contributed by atoms with E-state index in [1.165, 1.54) is 6.08 Å². The van der Waals surface area contributed by atoms with Crippen molar-refractivity contribution in [2.45, 2.75) is 38.9 Å².